The molecule has 0 radical (unpaired) electrons. The van der Waals surface area contributed by atoms with Gasteiger partial charge in [0.15, 0.2) is 22.8 Å². The maximum atomic E-state index is 13.0. The minimum absolute atomic E-state index is 0. The third kappa shape index (κ3) is 8.49. The Balaban J connectivity index is 0.00000230. The van der Waals surface area contributed by atoms with E-state index in [-0.39, 0.29) is 36.6 Å². The van der Waals surface area contributed by atoms with Gasteiger partial charge >= 0.3 is 0 Å². The molecule has 6 rings (SSSR count). The summed E-state index contributed by atoms with van der Waals surface area (Å²) in [5.74, 6) is 3.09. The fourth-order valence-corrected chi connectivity index (χ4v) is 6.94. The Labute approximate surface area is 278 Å². The topological polar surface area (TPSA) is 132 Å². The van der Waals surface area contributed by atoms with Crippen molar-refractivity contribution in [2.75, 3.05) is 44.5 Å². The highest BCUT2D eigenvalue weighted by Gasteiger charge is 2.26. The van der Waals surface area contributed by atoms with Crippen LogP contribution in [-0.4, -0.2) is 82.2 Å². The minimum Gasteiger partial charge on any atom is -0.497 e. The largest absolute Gasteiger partial charge is 0.497 e. The molecule has 3 fully saturated rings. The van der Waals surface area contributed by atoms with Crippen molar-refractivity contribution in [3.8, 4) is 11.5 Å². The van der Waals surface area contributed by atoms with E-state index >= 15 is 0 Å². The van der Waals surface area contributed by atoms with Crippen LogP contribution in [0.1, 0.15) is 75.8 Å². The highest BCUT2D eigenvalue weighted by atomic mass is 35.5. The molecule has 2 aromatic heterocycles. The number of ether oxygens (including phenoxy) is 2. The summed E-state index contributed by atoms with van der Waals surface area (Å²) in [6, 6.07) is 6.92. The molecule has 4 N–H and O–H groups in total. The molecule has 2 aliphatic carbocycles. The van der Waals surface area contributed by atoms with Crippen LogP contribution in [0, 0.1) is 0 Å². The molecule has 1 aromatic carbocycles. The van der Waals surface area contributed by atoms with Crippen LogP contribution in [-0.2, 0) is 11.2 Å². The van der Waals surface area contributed by atoms with Crippen molar-refractivity contribution >= 4 is 53.5 Å². The highest BCUT2D eigenvalue weighted by molar-refractivity contribution is 5.86. The number of piperidine rings is 1. The van der Waals surface area contributed by atoms with Crippen molar-refractivity contribution in [2.45, 2.75) is 94.8 Å². The predicted octanol–water partition coefficient (Wildman–Crippen LogP) is 5.17. The number of ketones is 1. The number of methoxy groups -OCH3 is 2. The van der Waals surface area contributed by atoms with Gasteiger partial charge in [0.2, 0.25) is 5.95 Å². The molecule has 3 aliphatic rings. The van der Waals surface area contributed by atoms with E-state index in [0.29, 0.717) is 42.8 Å². The fourth-order valence-electron chi connectivity index (χ4n) is 6.94. The Morgan fingerprint density at radius 3 is 2.33 bits per heavy atom. The van der Waals surface area contributed by atoms with Crippen molar-refractivity contribution < 1.29 is 14.3 Å². The number of Topliss-reactive ketones (excluding diaryl/α,β-unsaturated/α-hetero) is 1. The van der Waals surface area contributed by atoms with Crippen LogP contribution in [0.5, 0.6) is 11.5 Å². The van der Waals surface area contributed by atoms with Crippen LogP contribution in [0.25, 0.3) is 11.2 Å². The number of likely N-dealkylation sites (tertiary alicyclic amines) is 1. The summed E-state index contributed by atoms with van der Waals surface area (Å²) in [6.45, 7) is 2.11. The molecule has 248 valence electrons. The first kappa shape index (κ1) is 35.0. The summed E-state index contributed by atoms with van der Waals surface area (Å²) in [5, 5.41) is 7.35. The van der Waals surface area contributed by atoms with Crippen molar-refractivity contribution in [1.29, 1.82) is 0 Å². The molecule has 2 saturated carbocycles. The smallest absolute Gasteiger partial charge is 0.227 e. The fraction of sp³-hybridized carbons (Fsp3) is 0.625. The highest BCUT2D eigenvalue weighted by Crippen LogP contribution is 2.34. The lowest BCUT2D eigenvalue weighted by atomic mass is 9.92. The summed E-state index contributed by atoms with van der Waals surface area (Å²) in [7, 11) is 3.26. The molecule has 0 spiro atoms. The van der Waals surface area contributed by atoms with Crippen LogP contribution in [0.15, 0.2) is 24.5 Å². The quantitative estimate of drug-likeness (QED) is 0.252. The third-order valence-corrected chi connectivity index (χ3v) is 9.45. The van der Waals surface area contributed by atoms with E-state index in [1.54, 1.807) is 14.2 Å². The SMILES string of the molecule is COc1ccc(OC)c(CC(=O)CN2CCC(Nc3nc(NC4CCC(N)CC4)nc4c3ncn4C3CCCC3)CC2)c1.Cl.Cl. The van der Waals surface area contributed by atoms with Crippen LogP contribution in [0.2, 0.25) is 0 Å². The van der Waals surface area contributed by atoms with Gasteiger partial charge in [-0.2, -0.15) is 9.97 Å². The molecule has 1 aliphatic heterocycles. The van der Waals surface area contributed by atoms with Gasteiger partial charge in [-0.3, -0.25) is 9.69 Å². The number of imidazole rings is 1. The third-order valence-electron chi connectivity index (χ3n) is 9.45. The van der Waals surface area contributed by atoms with Gasteiger partial charge in [-0.05, 0) is 69.6 Å². The second kappa shape index (κ2) is 16.1. The number of fused-ring (bicyclic) bond motifs is 1. The Bertz CT molecular complexity index is 1400. The number of aromatic nitrogens is 4. The molecule has 0 unspecified atom stereocenters. The molecule has 3 heterocycles. The molecule has 1 saturated heterocycles. The van der Waals surface area contributed by atoms with E-state index in [2.05, 4.69) is 20.1 Å². The van der Waals surface area contributed by atoms with E-state index < -0.39 is 0 Å². The van der Waals surface area contributed by atoms with Gasteiger partial charge in [0, 0.05) is 49.2 Å². The Kier molecular flexibility index (Phi) is 12.5. The van der Waals surface area contributed by atoms with Gasteiger partial charge in [0.25, 0.3) is 0 Å². The number of nitrogens with two attached hydrogens (primary N) is 1. The number of nitrogens with one attached hydrogen (secondary N) is 2. The first-order valence-electron chi connectivity index (χ1n) is 16.0. The molecule has 11 nitrogen and oxygen atoms in total. The van der Waals surface area contributed by atoms with Crippen LogP contribution < -0.4 is 25.8 Å². The number of anilines is 2. The number of rotatable bonds is 11. The van der Waals surface area contributed by atoms with Gasteiger partial charge in [0.05, 0.1) is 27.1 Å². The zero-order valence-electron chi connectivity index (χ0n) is 26.4. The normalized spacial score (nSPS) is 21.1. The molecule has 0 bridgehead atoms. The molecule has 0 atom stereocenters. The maximum absolute atomic E-state index is 13.0. The molecule has 3 aromatic rings. The number of hydrogen-bond acceptors (Lipinski definition) is 10. The minimum atomic E-state index is 0. The number of carbonyl (C=O) groups excluding carboxylic acids is 1. The van der Waals surface area contributed by atoms with Gasteiger partial charge in [-0.1, -0.05) is 12.8 Å². The maximum Gasteiger partial charge on any atom is 0.227 e. The van der Waals surface area contributed by atoms with Gasteiger partial charge < -0.3 is 30.4 Å². The molecule has 13 heteroatoms. The summed E-state index contributed by atoms with van der Waals surface area (Å²) in [6.07, 6.45) is 13.1. The van der Waals surface area contributed by atoms with Gasteiger partial charge in [0.1, 0.15) is 11.5 Å². The summed E-state index contributed by atoms with van der Waals surface area (Å²) < 4.78 is 13.1. The lowest BCUT2D eigenvalue weighted by Gasteiger charge is -2.32. The lowest BCUT2D eigenvalue weighted by Crippen LogP contribution is -2.42. The number of benzene rings is 1. The number of hydrogen-bond donors (Lipinski definition) is 3. The first-order chi connectivity index (χ1) is 21.0. The zero-order chi connectivity index (χ0) is 29.8. The average molecular weight is 664 g/mol. The second-order valence-electron chi connectivity index (χ2n) is 12.5. The van der Waals surface area contributed by atoms with E-state index in [1.807, 2.05) is 24.5 Å². The van der Waals surface area contributed by atoms with E-state index in [0.717, 1.165) is 79.9 Å². The Morgan fingerprint density at radius 2 is 1.64 bits per heavy atom. The summed E-state index contributed by atoms with van der Waals surface area (Å²) in [5.41, 5.74) is 8.76. The standard InChI is InChI=1S/C32H46N8O3.2ClH/c1-42-27-11-12-28(43-2)21(18-27)17-26(41)19-39-15-13-24(14-16-39)35-30-29-31(40(20-34-29)25-5-3-4-6-25)38-32(37-30)36-23-9-7-22(33)8-10-23;;/h11-12,18,20,22-25H,3-10,13-17,19,33H2,1-2H3,(H2,35,36,37,38);2*1H. The first-order valence-corrected chi connectivity index (χ1v) is 16.0. The van der Waals surface area contributed by atoms with Crippen LogP contribution in [0.4, 0.5) is 11.8 Å². The number of carbonyl (C=O) groups is 1. The zero-order valence-corrected chi connectivity index (χ0v) is 28.0. The van der Waals surface area contributed by atoms with Crippen molar-refractivity contribution in [1.82, 2.24) is 24.4 Å². The van der Waals surface area contributed by atoms with Crippen LogP contribution in [0.3, 0.4) is 0 Å². The molecular weight excluding hydrogens is 615 g/mol. The van der Waals surface area contributed by atoms with E-state index in [9.17, 15) is 4.79 Å². The van der Waals surface area contributed by atoms with Crippen molar-refractivity contribution in [2.24, 2.45) is 5.73 Å². The van der Waals surface area contributed by atoms with E-state index in [4.69, 9.17) is 30.2 Å². The van der Waals surface area contributed by atoms with E-state index in [1.165, 1.54) is 25.7 Å². The van der Waals surface area contributed by atoms with Crippen molar-refractivity contribution in [3.05, 3.63) is 30.1 Å². The van der Waals surface area contributed by atoms with Gasteiger partial charge in [-0.25, -0.2) is 4.98 Å². The molecular formula is C32H48Cl2N8O3. The molecule has 0 amide bonds. The predicted molar refractivity (Wildman–Crippen MR) is 183 cm³/mol. The second-order valence-corrected chi connectivity index (χ2v) is 12.5. The number of halogens is 2. The summed E-state index contributed by atoms with van der Waals surface area (Å²) >= 11 is 0. The molecule has 45 heavy (non-hydrogen) atoms. The lowest BCUT2D eigenvalue weighted by molar-refractivity contribution is -0.119. The van der Waals surface area contributed by atoms with Crippen LogP contribution >= 0.6 is 24.8 Å². The Hall–Kier alpha value is -2.86. The Morgan fingerprint density at radius 1 is 0.933 bits per heavy atom. The van der Waals surface area contributed by atoms with Gasteiger partial charge in [-0.15, -0.1) is 24.8 Å². The average Bonchev–Trinajstić information content (AvgIpc) is 3.70. The summed E-state index contributed by atoms with van der Waals surface area (Å²) in [4.78, 5) is 30.0. The number of nitrogens with zero attached hydrogens (tertiary/aromatic N) is 5. The monoisotopic (exact) mass is 662 g/mol. The van der Waals surface area contributed by atoms with Crippen molar-refractivity contribution in [3.63, 3.8) is 0 Å².